The van der Waals surface area contributed by atoms with E-state index >= 15 is 0 Å². The molecule has 0 radical (unpaired) electrons. The first-order valence-electron chi connectivity index (χ1n) is 3.71. The summed E-state index contributed by atoms with van der Waals surface area (Å²) >= 11 is 1.61. The zero-order valence-electron chi connectivity index (χ0n) is 7.00. The first-order chi connectivity index (χ1) is 5.59. The maximum absolute atomic E-state index is 5.91. The minimum atomic E-state index is -0.421. The van der Waals surface area contributed by atoms with E-state index in [9.17, 15) is 0 Å². The van der Waals surface area contributed by atoms with E-state index in [1.807, 2.05) is 25.3 Å². The SMILES string of the molecule is CC(C)(N)c1noc2ccsc12. The van der Waals surface area contributed by atoms with Crippen molar-refractivity contribution in [3.63, 3.8) is 0 Å². The van der Waals surface area contributed by atoms with Crippen LogP contribution in [-0.4, -0.2) is 5.16 Å². The summed E-state index contributed by atoms with van der Waals surface area (Å²) in [4.78, 5) is 0. The molecule has 0 aliphatic carbocycles. The minimum Gasteiger partial charge on any atom is -0.355 e. The fraction of sp³-hybridized carbons (Fsp3) is 0.375. The van der Waals surface area contributed by atoms with Gasteiger partial charge in [-0.25, -0.2) is 0 Å². The molecule has 0 spiro atoms. The van der Waals surface area contributed by atoms with Gasteiger partial charge >= 0.3 is 0 Å². The molecule has 2 aromatic rings. The maximum Gasteiger partial charge on any atom is 0.177 e. The van der Waals surface area contributed by atoms with Gasteiger partial charge in [-0.05, 0) is 25.3 Å². The Morgan fingerprint density at radius 1 is 1.58 bits per heavy atom. The van der Waals surface area contributed by atoms with Crippen LogP contribution in [0, 0.1) is 0 Å². The largest absolute Gasteiger partial charge is 0.355 e. The van der Waals surface area contributed by atoms with E-state index in [2.05, 4.69) is 5.16 Å². The summed E-state index contributed by atoms with van der Waals surface area (Å²) in [6, 6.07) is 1.90. The number of nitrogens with zero attached hydrogens (tertiary/aromatic N) is 1. The van der Waals surface area contributed by atoms with Gasteiger partial charge in [-0.1, -0.05) is 5.16 Å². The Hall–Kier alpha value is -0.870. The Morgan fingerprint density at radius 2 is 2.33 bits per heavy atom. The van der Waals surface area contributed by atoms with Crippen molar-refractivity contribution >= 4 is 21.6 Å². The highest BCUT2D eigenvalue weighted by Gasteiger charge is 2.22. The van der Waals surface area contributed by atoms with Gasteiger partial charge in [-0.15, -0.1) is 11.3 Å². The van der Waals surface area contributed by atoms with Crippen LogP contribution in [0.4, 0.5) is 0 Å². The smallest absolute Gasteiger partial charge is 0.177 e. The van der Waals surface area contributed by atoms with Crippen molar-refractivity contribution in [1.29, 1.82) is 0 Å². The lowest BCUT2D eigenvalue weighted by atomic mass is 10.0. The van der Waals surface area contributed by atoms with Crippen molar-refractivity contribution in [1.82, 2.24) is 5.16 Å². The zero-order valence-corrected chi connectivity index (χ0v) is 7.81. The van der Waals surface area contributed by atoms with Crippen molar-refractivity contribution < 1.29 is 4.52 Å². The summed E-state index contributed by atoms with van der Waals surface area (Å²) in [6.07, 6.45) is 0. The second-order valence-corrected chi connectivity index (χ2v) is 4.28. The molecule has 0 aliphatic rings. The molecule has 0 aromatic carbocycles. The second-order valence-electron chi connectivity index (χ2n) is 3.37. The first kappa shape index (κ1) is 7.76. The average molecular weight is 182 g/mol. The van der Waals surface area contributed by atoms with E-state index in [1.165, 1.54) is 0 Å². The number of aromatic nitrogens is 1. The number of hydrogen-bond donors (Lipinski definition) is 1. The highest BCUT2D eigenvalue weighted by Crippen LogP contribution is 2.29. The number of thiophene rings is 1. The molecule has 2 rings (SSSR count). The molecule has 64 valence electrons. The molecule has 3 nitrogen and oxygen atoms in total. The number of rotatable bonds is 1. The Labute approximate surface area is 74.2 Å². The van der Waals surface area contributed by atoms with Crippen molar-refractivity contribution in [3.05, 3.63) is 17.1 Å². The van der Waals surface area contributed by atoms with E-state index in [0.29, 0.717) is 0 Å². The van der Waals surface area contributed by atoms with Crippen molar-refractivity contribution in [2.24, 2.45) is 5.73 Å². The molecule has 0 unspecified atom stereocenters. The van der Waals surface area contributed by atoms with E-state index in [0.717, 1.165) is 16.0 Å². The van der Waals surface area contributed by atoms with Gasteiger partial charge in [0.25, 0.3) is 0 Å². The molecular formula is C8H10N2OS. The lowest BCUT2D eigenvalue weighted by Crippen LogP contribution is -2.29. The van der Waals surface area contributed by atoms with Crippen LogP contribution in [0.25, 0.3) is 10.3 Å². The standard InChI is InChI=1S/C8H10N2OS/c1-8(2,9)7-6-5(11-10-7)3-4-12-6/h3-4H,9H2,1-2H3. The van der Waals surface area contributed by atoms with Crippen molar-refractivity contribution in [2.75, 3.05) is 0 Å². The monoisotopic (exact) mass is 182 g/mol. The minimum absolute atomic E-state index is 0.421. The van der Waals surface area contributed by atoms with Gasteiger partial charge in [-0.3, -0.25) is 0 Å². The quantitative estimate of drug-likeness (QED) is 0.734. The van der Waals surface area contributed by atoms with Crippen molar-refractivity contribution in [3.8, 4) is 0 Å². The molecule has 0 amide bonds. The van der Waals surface area contributed by atoms with Crippen LogP contribution in [0.2, 0.25) is 0 Å². The molecule has 2 N–H and O–H groups in total. The Morgan fingerprint density at radius 3 is 3.00 bits per heavy atom. The molecule has 0 fully saturated rings. The Balaban J connectivity index is 2.69. The summed E-state index contributed by atoms with van der Waals surface area (Å²) in [5.74, 6) is 0. The van der Waals surface area contributed by atoms with Crippen LogP contribution in [0.3, 0.4) is 0 Å². The molecule has 4 heteroatoms. The van der Waals surface area contributed by atoms with E-state index in [-0.39, 0.29) is 0 Å². The number of hydrogen-bond acceptors (Lipinski definition) is 4. The zero-order chi connectivity index (χ0) is 8.77. The Kier molecular flexibility index (Phi) is 1.49. The highest BCUT2D eigenvalue weighted by molar-refractivity contribution is 7.17. The van der Waals surface area contributed by atoms with E-state index in [4.69, 9.17) is 10.3 Å². The third kappa shape index (κ3) is 1.04. The molecule has 0 aliphatic heterocycles. The highest BCUT2D eigenvalue weighted by atomic mass is 32.1. The fourth-order valence-electron chi connectivity index (χ4n) is 1.09. The predicted molar refractivity (Wildman–Crippen MR) is 49.1 cm³/mol. The first-order valence-corrected chi connectivity index (χ1v) is 4.59. The molecule has 12 heavy (non-hydrogen) atoms. The molecule has 0 saturated carbocycles. The summed E-state index contributed by atoms with van der Waals surface area (Å²) in [5, 5.41) is 5.91. The van der Waals surface area contributed by atoms with Gasteiger partial charge in [0.15, 0.2) is 5.58 Å². The summed E-state index contributed by atoms with van der Waals surface area (Å²) in [6.45, 7) is 3.84. The molecule has 0 atom stereocenters. The van der Waals surface area contributed by atoms with Crippen LogP contribution in [0.5, 0.6) is 0 Å². The van der Waals surface area contributed by atoms with Crippen LogP contribution in [0.1, 0.15) is 19.5 Å². The second kappa shape index (κ2) is 2.31. The topological polar surface area (TPSA) is 52.0 Å². The van der Waals surface area contributed by atoms with E-state index < -0.39 is 5.54 Å². The summed E-state index contributed by atoms with van der Waals surface area (Å²) < 4.78 is 6.15. The molecule has 2 heterocycles. The lowest BCUT2D eigenvalue weighted by Gasteiger charge is -2.13. The number of nitrogens with two attached hydrogens (primary N) is 1. The third-order valence-corrected chi connectivity index (χ3v) is 2.59. The van der Waals surface area contributed by atoms with Gasteiger partial charge in [-0.2, -0.15) is 0 Å². The van der Waals surface area contributed by atoms with Gasteiger partial charge in [0.2, 0.25) is 0 Å². The molecule has 0 saturated heterocycles. The van der Waals surface area contributed by atoms with E-state index in [1.54, 1.807) is 11.3 Å². The van der Waals surface area contributed by atoms with Crippen LogP contribution < -0.4 is 5.73 Å². The predicted octanol–water partition coefficient (Wildman–Crippen LogP) is 2.08. The fourth-order valence-corrected chi connectivity index (χ4v) is 2.05. The molecule has 2 aromatic heterocycles. The van der Waals surface area contributed by atoms with Crippen LogP contribution >= 0.6 is 11.3 Å². The van der Waals surface area contributed by atoms with Crippen molar-refractivity contribution in [2.45, 2.75) is 19.4 Å². The maximum atomic E-state index is 5.91. The van der Waals surface area contributed by atoms with Gasteiger partial charge in [0.05, 0.1) is 10.2 Å². The third-order valence-electron chi connectivity index (χ3n) is 1.69. The lowest BCUT2D eigenvalue weighted by molar-refractivity contribution is 0.413. The molecular weight excluding hydrogens is 172 g/mol. The Bertz CT molecular complexity index is 396. The average Bonchev–Trinajstić information content (AvgIpc) is 2.37. The van der Waals surface area contributed by atoms with Crippen LogP contribution in [-0.2, 0) is 5.54 Å². The summed E-state index contributed by atoms with van der Waals surface area (Å²) in [5.41, 5.74) is 7.16. The number of fused-ring (bicyclic) bond motifs is 1. The summed E-state index contributed by atoms with van der Waals surface area (Å²) in [7, 11) is 0. The van der Waals surface area contributed by atoms with Gasteiger partial charge in [0.1, 0.15) is 5.69 Å². The van der Waals surface area contributed by atoms with Gasteiger partial charge < -0.3 is 10.3 Å². The normalized spacial score (nSPS) is 12.6. The molecule has 0 bridgehead atoms. The van der Waals surface area contributed by atoms with Gasteiger partial charge in [0, 0.05) is 0 Å². The van der Waals surface area contributed by atoms with Crippen LogP contribution in [0.15, 0.2) is 16.0 Å².